The monoisotopic (exact) mass is 287 g/mol. The van der Waals surface area contributed by atoms with Crippen molar-refractivity contribution in [1.29, 1.82) is 0 Å². The second-order valence-corrected chi connectivity index (χ2v) is 6.35. The van der Waals surface area contributed by atoms with Gasteiger partial charge < -0.3 is 20.3 Å². The van der Waals surface area contributed by atoms with Crippen LogP contribution in [0.4, 0.5) is 0 Å². The van der Waals surface area contributed by atoms with Crippen molar-refractivity contribution in [3.05, 3.63) is 0 Å². The van der Waals surface area contributed by atoms with Gasteiger partial charge in [-0.05, 0) is 31.6 Å². The van der Waals surface area contributed by atoms with Gasteiger partial charge in [0.1, 0.15) is 0 Å². The highest BCUT2D eigenvalue weighted by molar-refractivity contribution is 4.78. The maximum Gasteiger partial charge on any atom is 0.0897 e. The van der Waals surface area contributed by atoms with Gasteiger partial charge in [-0.1, -0.05) is 33.6 Å². The van der Waals surface area contributed by atoms with Crippen LogP contribution in [0.5, 0.6) is 0 Å². The van der Waals surface area contributed by atoms with Crippen molar-refractivity contribution in [2.24, 2.45) is 5.92 Å². The molecule has 0 radical (unpaired) electrons. The number of aliphatic hydroxyl groups is 2. The zero-order valence-corrected chi connectivity index (χ0v) is 13.4. The van der Waals surface area contributed by atoms with Gasteiger partial charge in [-0.25, -0.2) is 0 Å². The minimum absolute atomic E-state index is 0.307. The van der Waals surface area contributed by atoms with E-state index in [9.17, 15) is 10.2 Å². The standard InChI is InChI=1S/C16H33NO3/c1-4-16(19,5-2)12-17-10-14(18)11-20-15-9-7-6-8-13(15)3/h13-15,17-19H,4-12H2,1-3H3. The topological polar surface area (TPSA) is 61.7 Å². The van der Waals surface area contributed by atoms with Crippen molar-refractivity contribution < 1.29 is 14.9 Å². The largest absolute Gasteiger partial charge is 0.389 e. The zero-order chi connectivity index (χ0) is 15.0. The molecule has 1 saturated carbocycles. The van der Waals surface area contributed by atoms with Crippen LogP contribution in [0, 0.1) is 5.92 Å². The van der Waals surface area contributed by atoms with Gasteiger partial charge >= 0.3 is 0 Å². The Balaban J connectivity index is 2.15. The fourth-order valence-electron chi connectivity index (χ4n) is 2.79. The molecule has 0 bridgehead atoms. The predicted octanol–water partition coefficient (Wildman–Crippen LogP) is 2.08. The smallest absolute Gasteiger partial charge is 0.0897 e. The lowest BCUT2D eigenvalue weighted by molar-refractivity contribution is -0.0468. The minimum atomic E-state index is -0.654. The van der Waals surface area contributed by atoms with Crippen LogP contribution in [-0.4, -0.2) is 47.7 Å². The molecule has 0 amide bonds. The first-order chi connectivity index (χ1) is 9.50. The summed E-state index contributed by atoms with van der Waals surface area (Å²) in [5, 5.41) is 23.2. The highest BCUT2D eigenvalue weighted by Gasteiger charge is 2.24. The summed E-state index contributed by atoms with van der Waals surface area (Å²) in [6.45, 7) is 7.58. The minimum Gasteiger partial charge on any atom is -0.389 e. The Morgan fingerprint density at radius 1 is 1.25 bits per heavy atom. The molecule has 0 aromatic carbocycles. The van der Waals surface area contributed by atoms with E-state index in [1.54, 1.807) is 0 Å². The molecule has 1 fully saturated rings. The Kier molecular flexibility index (Phi) is 8.03. The van der Waals surface area contributed by atoms with Crippen LogP contribution in [0.3, 0.4) is 0 Å². The number of hydrogen-bond acceptors (Lipinski definition) is 4. The zero-order valence-electron chi connectivity index (χ0n) is 13.4. The Bertz CT molecular complexity index is 256. The molecule has 0 aliphatic heterocycles. The number of rotatable bonds is 9. The summed E-state index contributed by atoms with van der Waals surface area (Å²) in [4.78, 5) is 0. The lowest BCUT2D eigenvalue weighted by atomic mass is 9.88. The third-order valence-corrected chi connectivity index (χ3v) is 4.69. The fourth-order valence-corrected chi connectivity index (χ4v) is 2.79. The van der Waals surface area contributed by atoms with Crippen LogP contribution >= 0.6 is 0 Å². The van der Waals surface area contributed by atoms with E-state index in [0.717, 1.165) is 19.3 Å². The van der Waals surface area contributed by atoms with Crippen LogP contribution in [0.1, 0.15) is 59.3 Å². The number of ether oxygens (including phenoxy) is 1. The van der Waals surface area contributed by atoms with Crippen LogP contribution in [0.2, 0.25) is 0 Å². The van der Waals surface area contributed by atoms with E-state index in [4.69, 9.17) is 4.74 Å². The van der Waals surface area contributed by atoms with Crippen molar-refractivity contribution in [1.82, 2.24) is 5.32 Å². The summed E-state index contributed by atoms with van der Waals surface area (Å²) in [6.07, 6.45) is 6.15. The average molecular weight is 287 g/mol. The molecule has 0 aromatic rings. The molecule has 3 unspecified atom stereocenters. The predicted molar refractivity (Wildman–Crippen MR) is 81.8 cm³/mol. The van der Waals surface area contributed by atoms with Gasteiger partial charge in [0, 0.05) is 13.1 Å². The highest BCUT2D eigenvalue weighted by atomic mass is 16.5. The first-order valence-corrected chi connectivity index (χ1v) is 8.23. The lowest BCUT2D eigenvalue weighted by Gasteiger charge is -2.30. The molecule has 3 atom stereocenters. The SMILES string of the molecule is CCC(O)(CC)CNCC(O)COC1CCCCC1C. The third-order valence-electron chi connectivity index (χ3n) is 4.69. The highest BCUT2D eigenvalue weighted by Crippen LogP contribution is 2.26. The van der Waals surface area contributed by atoms with Gasteiger partial charge in [0.25, 0.3) is 0 Å². The number of nitrogens with one attached hydrogen (secondary N) is 1. The van der Waals surface area contributed by atoms with Gasteiger partial charge in [0.15, 0.2) is 0 Å². The van der Waals surface area contributed by atoms with Crippen LogP contribution in [-0.2, 0) is 4.74 Å². The maximum absolute atomic E-state index is 10.1. The van der Waals surface area contributed by atoms with Gasteiger partial charge in [0.2, 0.25) is 0 Å². The normalized spacial score (nSPS) is 25.6. The van der Waals surface area contributed by atoms with Gasteiger partial charge in [-0.15, -0.1) is 0 Å². The summed E-state index contributed by atoms with van der Waals surface area (Å²) in [5.41, 5.74) is -0.654. The van der Waals surface area contributed by atoms with Gasteiger partial charge in [-0.2, -0.15) is 0 Å². The number of hydrogen-bond donors (Lipinski definition) is 3. The molecule has 1 aliphatic rings. The van der Waals surface area contributed by atoms with E-state index in [1.165, 1.54) is 19.3 Å². The van der Waals surface area contributed by atoms with Crippen molar-refractivity contribution in [3.63, 3.8) is 0 Å². The summed E-state index contributed by atoms with van der Waals surface area (Å²) in [5.74, 6) is 0.606. The Morgan fingerprint density at radius 2 is 1.90 bits per heavy atom. The maximum atomic E-state index is 10.1. The van der Waals surface area contributed by atoms with E-state index in [2.05, 4.69) is 12.2 Å². The second kappa shape index (κ2) is 8.98. The van der Waals surface area contributed by atoms with E-state index < -0.39 is 11.7 Å². The molecule has 20 heavy (non-hydrogen) atoms. The van der Waals surface area contributed by atoms with Crippen LogP contribution in [0.15, 0.2) is 0 Å². The summed E-state index contributed by atoms with van der Waals surface area (Å²) in [6, 6.07) is 0. The average Bonchev–Trinajstić information content (AvgIpc) is 2.46. The van der Waals surface area contributed by atoms with Crippen molar-refractivity contribution in [3.8, 4) is 0 Å². The molecule has 0 spiro atoms. The van der Waals surface area contributed by atoms with E-state index in [0.29, 0.717) is 31.7 Å². The molecule has 0 aromatic heterocycles. The molecule has 0 saturated heterocycles. The Hall–Kier alpha value is -0.160. The summed E-state index contributed by atoms with van der Waals surface area (Å²) >= 11 is 0. The van der Waals surface area contributed by atoms with Crippen LogP contribution in [0.25, 0.3) is 0 Å². The van der Waals surface area contributed by atoms with Gasteiger partial charge in [-0.3, -0.25) is 0 Å². The first kappa shape index (κ1) is 17.9. The third kappa shape index (κ3) is 6.08. The molecule has 4 heteroatoms. The molecule has 3 N–H and O–H groups in total. The van der Waals surface area contributed by atoms with Crippen LogP contribution < -0.4 is 5.32 Å². The van der Waals surface area contributed by atoms with E-state index in [1.807, 2.05) is 13.8 Å². The second-order valence-electron chi connectivity index (χ2n) is 6.35. The Morgan fingerprint density at radius 3 is 2.50 bits per heavy atom. The van der Waals surface area contributed by atoms with E-state index >= 15 is 0 Å². The summed E-state index contributed by atoms with van der Waals surface area (Å²) in [7, 11) is 0. The van der Waals surface area contributed by atoms with Crippen molar-refractivity contribution in [2.75, 3.05) is 19.7 Å². The molecule has 1 rings (SSSR count). The first-order valence-electron chi connectivity index (χ1n) is 8.23. The Labute approximate surface area is 123 Å². The molecule has 0 heterocycles. The van der Waals surface area contributed by atoms with E-state index in [-0.39, 0.29) is 0 Å². The van der Waals surface area contributed by atoms with Crippen molar-refractivity contribution >= 4 is 0 Å². The van der Waals surface area contributed by atoms with Crippen molar-refractivity contribution in [2.45, 2.75) is 77.1 Å². The molecule has 1 aliphatic carbocycles. The molecule has 120 valence electrons. The molecule has 4 nitrogen and oxygen atoms in total. The van der Waals surface area contributed by atoms with Gasteiger partial charge in [0.05, 0.1) is 24.4 Å². The number of aliphatic hydroxyl groups excluding tert-OH is 1. The lowest BCUT2D eigenvalue weighted by Crippen LogP contribution is -2.43. The molecular weight excluding hydrogens is 254 g/mol. The molecular formula is C16H33NO3. The fraction of sp³-hybridized carbons (Fsp3) is 1.00. The quantitative estimate of drug-likeness (QED) is 0.607. The summed E-state index contributed by atoms with van der Waals surface area (Å²) < 4.78 is 5.84.